The van der Waals surface area contributed by atoms with Gasteiger partial charge < -0.3 is 29.9 Å². The molecule has 24 heavy (non-hydrogen) atoms. The number of hydrogen-bond acceptors (Lipinski definition) is 8. The van der Waals surface area contributed by atoms with Crippen molar-refractivity contribution in [3.8, 4) is 5.75 Å². The Labute approximate surface area is 147 Å². The fourth-order valence-electron chi connectivity index (χ4n) is 1.73. The Morgan fingerprint density at radius 2 is 1.75 bits per heavy atom. The second-order valence-electron chi connectivity index (χ2n) is 4.67. The molecular weight excluding hydrogens is 367 g/mol. The van der Waals surface area contributed by atoms with E-state index in [0.29, 0.717) is 0 Å². The van der Waals surface area contributed by atoms with E-state index in [2.05, 4.69) is 0 Å². The zero-order chi connectivity index (χ0) is 18.4. The van der Waals surface area contributed by atoms with Crippen molar-refractivity contribution in [3.05, 3.63) is 27.7 Å². The maximum Gasteiger partial charge on any atom is 0.343 e. The number of ketones is 1. The molecular formula is C14H16Cl2O8. The lowest BCUT2D eigenvalue weighted by molar-refractivity contribution is -0.143. The molecule has 0 saturated heterocycles. The molecule has 0 heterocycles. The quantitative estimate of drug-likeness (QED) is 0.454. The molecule has 0 aliphatic heterocycles. The van der Waals surface area contributed by atoms with Crippen molar-refractivity contribution in [2.24, 2.45) is 0 Å². The van der Waals surface area contributed by atoms with Gasteiger partial charge in [-0.15, -0.1) is 0 Å². The van der Waals surface area contributed by atoms with Crippen molar-refractivity contribution in [2.45, 2.75) is 18.3 Å². The van der Waals surface area contributed by atoms with Gasteiger partial charge in [-0.3, -0.25) is 4.79 Å². The van der Waals surface area contributed by atoms with E-state index in [9.17, 15) is 19.8 Å². The minimum Gasteiger partial charge on any atom is -0.494 e. The Morgan fingerprint density at radius 1 is 1.17 bits per heavy atom. The third kappa shape index (κ3) is 4.79. The molecule has 0 aromatic heterocycles. The van der Waals surface area contributed by atoms with Gasteiger partial charge in [0.2, 0.25) is 5.78 Å². The van der Waals surface area contributed by atoms with Crippen LogP contribution in [0.2, 0.25) is 10.0 Å². The molecule has 3 unspecified atom stereocenters. The number of methoxy groups -OCH3 is 1. The summed E-state index contributed by atoms with van der Waals surface area (Å²) in [4.78, 5) is 23.7. The lowest BCUT2D eigenvalue weighted by atomic mass is 10.1. The summed E-state index contributed by atoms with van der Waals surface area (Å²) in [6.45, 7) is -1.76. The molecule has 0 radical (unpaired) electrons. The van der Waals surface area contributed by atoms with Gasteiger partial charge in [0.25, 0.3) is 0 Å². The number of hydrogen-bond donors (Lipinski definition) is 4. The Morgan fingerprint density at radius 3 is 2.29 bits per heavy atom. The number of carbonyl (C=O) groups is 2. The number of carbonyl (C=O) groups excluding carboxylic acids is 2. The normalized spacial score (nSPS) is 14.6. The molecule has 0 bridgehead atoms. The molecule has 0 aliphatic carbocycles. The largest absolute Gasteiger partial charge is 0.494 e. The number of halogens is 2. The average molecular weight is 383 g/mol. The molecule has 134 valence electrons. The Kier molecular flexibility index (Phi) is 7.88. The SMILES string of the molecule is COc1c(Cl)ccc(Cl)c1C(=O)OCC(=O)C(O)C(O)C(O)CO. The van der Waals surface area contributed by atoms with Crippen LogP contribution in [0.4, 0.5) is 0 Å². The highest BCUT2D eigenvalue weighted by Crippen LogP contribution is 2.34. The molecule has 0 saturated carbocycles. The Hall–Kier alpha value is -1.42. The standard InChI is InChI=1S/C14H16Cl2O8/c1-23-13-7(16)3-2-6(15)10(13)14(22)24-5-9(19)12(21)11(20)8(18)4-17/h2-3,8,11-12,17-18,20-21H,4-5H2,1H3. The number of benzene rings is 1. The van der Waals surface area contributed by atoms with Gasteiger partial charge in [-0.05, 0) is 12.1 Å². The van der Waals surface area contributed by atoms with Crippen molar-refractivity contribution < 1.29 is 39.5 Å². The van der Waals surface area contributed by atoms with E-state index in [0.717, 1.165) is 0 Å². The van der Waals surface area contributed by atoms with Gasteiger partial charge in [-0.1, -0.05) is 23.2 Å². The first-order valence-electron chi connectivity index (χ1n) is 6.61. The number of aliphatic hydroxyl groups excluding tert-OH is 4. The maximum absolute atomic E-state index is 12.1. The summed E-state index contributed by atoms with van der Waals surface area (Å²) in [6.07, 6.45) is -5.69. The molecule has 0 fully saturated rings. The number of esters is 1. The van der Waals surface area contributed by atoms with Crippen LogP contribution in [-0.4, -0.2) is 70.8 Å². The van der Waals surface area contributed by atoms with Crippen LogP contribution in [0.5, 0.6) is 5.75 Å². The first-order valence-corrected chi connectivity index (χ1v) is 7.37. The van der Waals surface area contributed by atoms with Gasteiger partial charge in [0.1, 0.15) is 23.9 Å². The van der Waals surface area contributed by atoms with Crippen LogP contribution in [0.3, 0.4) is 0 Å². The van der Waals surface area contributed by atoms with Crippen LogP contribution in [0.1, 0.15) is 10.4 Å². The van der Waals surface area contributed by atoms with E-state index in [1.165, 1.54) is 19.2 Å². The number of rotatable bonds is 8. The summed E-state index contributed by atoms with van der Waals surface area (Å²) in [7, 11) is 1.26. The lowest BCUT2D eigenvalue weighted by Crippen LogP contribution is -2.45. The van der Waals surface area contributed by atoms with Gasteiger partial charge in [-0.2, -0.15) is 0 Å². The Balaban J connectivity index is 2.80. The van der Waals surface area contributed by atoms with Crippen LogP contribution in [0.25, 0.3) is 0 Å². The fraction of sp³-hybridized carbons (Fsp3) is 0.429. The van der Waals surface area contributed by atoms with Gasteiger partial charge >= 0.3 is 5.97 Å². The highest BCUT2D eigenvalue weighted by Gasteiger charge is 2.31. The molecule has 0 spiro atoms. The highest BCUT2D eigenvalue weighted by molar-refractivity contribution is 6.37. The van der Waals surface area contributed by atoms with Gasteiger partial charge in [0.15, 0.2) is 12.4 Å². The van der Waals surface area contributed by atoms with Crippen LogP contribution in [-0.2, 0) is 9.53 Å². The number of Topliss-reactive ketones (excluding diaryl/α,β-unsaturated/α-hetero) is 1. The van der Waals surface area contributed by atoms with Crippen LogP contribution in [0.15, 0.2) is 12.1 Å². The molecule has 10 heteroatoms. The molecule has 8 nitrogen and oxygen atoms in total. The second kappa shape index (κ2) is 9.16. The highest BCUT2D eigenvalue weighted by atomic mass is 35.5. The van der Waals surface area contributed by atoms with E-state index in [4.69, 9.17) is 42.9 Å². The van der Waals surface area contributed by atoms with Crippen LogP contribution in [0, 0.1) is 0 Å². The number of aliphatic hydroxyl groups is 4. The molecule has 1 aromatic carbocycles. The molecule has 3 atom stereocenters. The zero-order valence-corrected chi connectivity index (χ0v) is 14.0. The van der Waals surface area contributed by atoms with E-state index in [1.807, 2.05) is 0 Å². The predicted octanol–water partition coefficient (Wildman–Crippen LogP) is -0.197. The Bertz CT molecular complexity index is 607. The smallest absolute Gasteiger partial charge is 0.343 e. The van der Waals surface area contributed by atoms with Crippen molar-refractivity contribution >= 4 is 35.0 Å². The van der Waals surface area contributed by atoms with E-state index < -0.39 is 43.3 Å². The summed E-state index contributed by atoms with van der Waals surface area (Å²) in [5, 5.41) is 36.9. The van der Waals surface area contributed by atoms with E-state index in [1.54, 1.807) is 0 Å². The summed E-state index contributed by atoms with van der Waals surface area (Å²) in [6, 6.07) is 2.74. The third-order valence-electron chi connectivity index (χ3n) is 3.05. The lowest BCUT2D eigenvalue weighted by Gasteiger charge is -2.20. The van der Waals surface area contributed by atoms with Crippen LogP contribution < -0.4 is 4.74 Å². The van der Waals surface area contributed by atoms with E-state index in [-0.39, 0.29) is 21.4 Å². The fourth-order valence-corrected chi connectivity index (χ4v) is 2.19. The predicted molar refractivity (Wildman–Crippen MR) is 83.4 cm³/mol. The molecule has 1 rings (SSSR count). The first-order chi connectivity index (χ1) is 11.2. The monoisotopic (exact) mass is 382 g/mol. The van der Waals surface area contributed by atoms with Gasteiger partial charge in [0.05, 0.1) is 23.8 Å². The first kappa shape index (κ1) is 20.6. The maximum atomic E-state index is 12.1. The summed E-state index contributed by atoms with van der Waals surface area (Å²) in [5.74, 6) is -2.16. The molecule has 4 N–H and O–H groups in total. The topological polar surface area (TPSA) is 134 Å². The molecule has 1 aromatic rings. The van der Waals surface area contributed by atoms with E-state index >= 15 is 0 Å². The minimum atomic E-state index is -2.04. The van der Waals surface area contributed by atoms with Crippen molar-refractivity contribution in [1.29, 1.82) is 0 Å². The summed E-state index contributed by atoms with van der Waals surface area (Å²) < 4.78 is 9.69. The van der Waals surface area contributed by atoms with Crippen molar-refractivity contribution in [1.82, 2.24) is 0 Å². The summed E-state index contributed by atoms with van der Waals surface area (Å²) in [5.41, 5.74) is -0.204. The van der Waals surface area contributed by atoms with Crippen molar-refractivity contribution in [3.63, 3.8) is 0 Å². The molecule has 0 aliphatic rings. The van der Waals surface area contributed by atoms with Crippen molar-refractivity contribution in [2.75, 3.05) is 20.3 Å². The minimum absolute atomic E-state index is 0.0232. The average Bonchev–Trinajstić information content (AvgIpc) is 2.58. The third-order valence-corrected chi connectivity index (χ3v) is 3.66. The summed E-state index contributed by atoms with van der Waals surface area (Å²) >= 11 is 11.8. The second-order valence-corrected chi connectivity index (χ2v) is 5.48. The zero-order valence-electron chi connectivity index (χ0n) is 12.5. The molecule has 0 amide bonds. The van der Waals surface area contributed by atoms with Gasteiger partial charge in [0, 0.05) is 0 Å². The van der Waals surface area contributed by atoms with Gasteiger partial charge in [-0.25, -0.2) is 4.79 Å². The number of ether oxygens (including phenoxy) is 2. The van der Waals surface area contributed by atoms with Crippen LogP contribution >= 0.6 is 23.2 Å².